The summed E-state index contributed by atoms with van der Waals surface area (Å²) in [5, 5.41) is 6.15. The Hall–Kier alpha value is -1.46. The van der Waals surface area contributed by atoms with Gasteiger partial charge in [-0.15, -0.1) is 0 Å². The minimum absolute atomic E-state index is 0.471. The fraction of sp³-hybridized carbons (Fsp3) is 0.545. The van der Waals surface area contributed by atoms with E-state index in [1.165, 1.54) is 6.04 Å². The minimum atomic E-state index is -1.05. The number of methoxy groups -OCH3 is 1. The molecule has 0 fully saturated rings. The van der Waals surface area contributed by atoms with Crippen molar-refractivity contribution in [2.24, 2.45) is 0 Å². The maximum absolute atomic E-state index is 6.29. The van der Waals surface area contributed by atoms with Crippen LogP contribution in [0.1, 0.15) is 0 Å². The van der Waals surface area contributed by atoms with E-state index in [9.17, 15) is 0 Å². The summed E-state index contributed by atoms with van der Waals surface area (Å²) >= 11 is 6.29. The SMILES string of the molecule is COCC[Si](C)(C)C.C[Si](C)(C)CCOCn1ccc(-c2c[nH]c3nccc(Cl)c23)n1. The van der Waals surface area contributed by atoms with E-state index in [4.69, 9.17) is 21.1 Å². The number of rotatable bonds is 9. The largest absolute Gasteiger partial charge is 0.385 e. The Balaban J connectivity index is 0.000000366. The molecule has 0 aliphatic heterocycles. The van der Waals surface area contributed by atoms with Crippen LogP contribution in [0.4, 0.5) is 0 Å². The van der Waals surface area contributed by atoms with Crippen LogP contribution in [-0.4, -0.2) is 56.2 Å². The summed E-state index contributed by atoms with van der Waals surface area (Å²) in [6.45, 7) is 16.3. The van der Waals surface area contributed by atoms with Crippen LogP contribution in [0.25, 0.3) is 22.3 Å². The second-order valence-electron chi connectivity index (χ2n) is 10.1. The van der Waals surface area contributed by atoms with Crippen LogP contribution in [0.2, 0.25) is 56.4 Å². The molecule has 0 bridgehead atoms. The lowest BCUT2D eigenvalue weighted by molar-refractivity contribution is 0.0787. The average Bonchev–Trinajstić information content (AvgIpc) is 3.30. The summed E-state index contributed by atoms with van der Waals surface area (Å²) in [4.78, 5) is 7.42. The minimum Gasteiger partial charge on any atom is -0.385 e. The molecule has 3 aromatic rings. The lowest BCUT2D eigenvalue weighted by atomic mass is 10.1. The summed E-state index contributed by atoms with van der Waals surface area (Å²) in [5.41, 5.74) is 2.59. The van der Waals surface area contributed by atoms with Gasteiger partial charge in [-0.05, 0) is 24.2 Å². The maximum Gasteiger partial charge on any atom is 0.139 e. The highest BCUT2D eigenvalue weighted by molar-refractivity contribution is 6.76. The highest BCUT2D eigenvalue weighted by Gasteiger charge is 2.14. The molecule has 0 aliphatic carbocycles. The average molecular weight is 481 g/mol. The van der Waals surface area contributed by atoms with E-state index in [0.29, 0.717) is 11.8 Å². The topological polar surface area (TPSA) is 65.0 Å². The molecule has 6 nitrogen and oxygen atoms in total. The molecule has 0 unspecified atom stereocenters. The van der Waals surface area contributed by atoms with Gasteiger partial charge in [0.05, 0.1) is 10.7 Å². The highest BCUT2D eigenvalue weighted by Crippen LogP contribution is 2.31. The Morgan fingerprint density at radius 2 is 1.71 bits per heavy atom. The number of nitrogens with zero attached hydrogens (tertiary/aromatic N) is 3. The van der Waals surface area contributed by atoms with E-state index in [-0.39, 0.29) is 0 Å². The van der Waals surface area contributed by atoms with Gasteiger partial charge in [0.1, 0.15) is 12.4 Å². The van der Waals surface area contributed by atoms with E-state index in [1.54, 1.807) is 19.4 Å². The smallest absolute Gasteiger partial charge is 0.139 e. The highest BCUT2D eigenvalue weighted by atomic mass is 35.5. The van der Waals surface area contributed by atoms with Gasteiger partial charge in [-0.25, -0.2) is 9.67 Å². The molecule has 3 aromatic heterocycles. The monoisotopic (exact) mass is 480 g/mol. The Kier molecular flexibility index (Phi) is 9.51. The van der Waals surface area contributed by atoms with Gasteiger partial charge in [0.15, 0.2) is 0 Å². The van der Waals surface area contributed by atoms with Crippen molar-refractivity contribution in [3.8, 4) is 11.3 Å². The van der Waals surface area contributed by atoms with E-state index in [2.05, 4.69) is 54.3 Å². The van der Waals surface area contributed by atoms with Gasteiger partial charge in [-0.3, -0.25) is 0 Å². The third-order valence-corrected chi connectivity index (χ3v) is 8.44. The molecule has 0 saturated carbocycles. The summed E-state index contributed by atoms with van der Waals surface area (Å²) in [6.07, 6.45) is 5.51. The summed E-state index contributed by atoms with van der Waals surface area (Å²) in [7, 11) is -0.0902. The Labute approximate surface area is 193 Å². The molecule has 0 saturated heterocycles. The predicted octanol–water partition coefficient (Wildman–Crippen LogP) is 6.36. The van der Waals surface area contributed by atoms with Crippen molar-refractivity contribution in [3.63, 3.8) is 0 Å². The Morgan fingerprint density at radius 3 is 2.32 bits per heavy atom. The molecule has 3 rings (SSSR count). The number of aromatic amines is 1. The fourth-order valence-corrected chi connectivity index (χ4v) is 4.56. The number of hydrogen-bond donors (Lipinski definition) is 1. The van der Waals surface area contributed by atoms with Crippen molar-refractivity contribution in [2.45, 2.75) is 58.1 Å². The first-order valence-electron chi connectivity index (χ1n) is 10.7. The van der Waals surface area contributed by atoms with Crippen molar-refractivity contribution in [1.82, 2.24) is 19.7 Å². The molecule has 31 heavy (non-hydrogen) atoms. The third-order valence-electron chi connectivity index (χ3n) is 4.72. The standard InChI is InChI=1S/C16H21ClN4OSi.C6H16OSi/c1-23(2,3)9-8-22-11-21-7-5-14(20-21)12-10-19-16-15(12)13(17)4-6-18-16;1-7-5-6-8(2,3)4/h4-7,10H,8-9,11H2,1-3H3,(H,18,19);5-6H2,1-4H3. The van der Waals surface area contributed by atoms with Crippen LogP contribution >= 0.6 is 11.6 Å². The van der Waals surface area contributed by atoms with Crippen molar-refractivity contribution < 1.29 is 9.47 Å². The zero-order valence-corrected chi connectivity index (χ0v) is 22.7. The van der Waals surface area contributed by atoms with Crippen LogP contribution in [0.5, 0.6) is 0 Å². The van der Waals surface area contributed by atoms with Gasteiger partial charge in [-0.2, -0.15) is 5.10 Å². The van der Waals surface area contributed by atoms with E-state index in [1.807, 2.05) is 23.1 Å². The molecule has 1 N–H and O–H groups in total. The number of H-pyrrole nitrogens is 1. The van der Waals surface area contributed by atoms with Crippen LogP contribution in [0.15, 0.2) is 30.7 Å². The van der Waals surface area contributed by atoms with Crippen LogP contribution in [-0.2, 0) is 16.2 Å². The van der Waals surface area contributed by atoms with Crippen LogP contribution in [0, 0.1) is 0 Å². The van der Waals surface area contributed by atoms with Gasteiger partial charge in [-0.1, -0.05) is 50.9 Å². The second-order valence-corrected chi connectivity index (χ2v) is 21.8. The number of ether oxygens (including phenoxy) is 2. The number of pyridine rings is 1. The van der Waals surface area contributed by atoms with E-state index in [0.717, 1.165) is 41.5 Å². The molecule has 3 heterocycles. The van der Waals surface area contributed by atoms with Gasteiger partial charge in [0.25, 0.3) is 0 Å². The van der Waals surface area contributed by atoms with Crippen molar-refractivity contribution in [2.75, 3.05) is 20.3 Å². The summed E-state index contributed by atoms with van der Waals surface area (Å²) in [6, 6.07) is 6.19. The third kappa shape index (κ3) is 8.90. The van der Waals surface area contributed by atoms with Gasteiger partial charge in [0, 0.05) is 66.0 Å². The Morgan fingerprint density at radius 1 is 1.03 bits per heavy atom. The predicted molar refractivity (Wildman–Crippen MR) is 136 cm³/mol. The van der Waals surface area contributed by atoms with Gasteiger partial charge < -0.3 is 14.5 Å². The normalized spacial score (nSPS) is 12.1. The molecular formula is C22H37ClN4O2Si2. The quantitative estimate of drug-likeness (QED) is 0.285. The maximum atomic E-state index is 6.29. The number of halogens is 1. The molecule has 0 atom stereocenters. The van der Waals surface area contributed by atoms with Crippen LogP contribution < -0.4 is 0 Å². The lowest BCUT2D eigenvalue weighted by Gasteiger charge is -2.15. The molecule has 172 valence electrons. The van der Waals surface area contributed by atoms with Gasteiger partial charge >= 0.3 is 0 Å². The first-order valence-corrected chi connectivity index (χ1v) is 18.5. The zero-order valence-electron chi connectivity index (χ0n) is 20.0. The number of hydrogen-bond acceptors (Lipinski definition) is 4. The van der Waals surface area contributed by atoms with E-state index >= 15 is 0 Å². The lowest BCUT2D eigenvalue weighted by Crippen LogP contribution is -2.22. The Bertz CT molecular complexity index is 945. The molecule has 0 aromatic carbocycles. The zero-order chi connectivity index (χ0) is 23.1. The van der Waals surface area contributed by atoms with Crippen LogP contribution in [0.3, 0.4) is 0 Å². The molecular weight excluding hydrogens is 444 g/mol. The van der Waals surface area contributed by atoms with Crippen molar-refractivity contribution in [3.05, 3.63) is 35.7 Å². The summed E-state index contributed by atoms with van der Waals surface area (Å²) in [5.74, 6) is 0. The fourth-order valence-electron chi connectivity index (χ4n) is 2.74. The van der Waals surface area contributed by atoms with E-state index < -0.39 is 16.1 Å². The van der Waals surface area contributed by atoms with Crippen molar-refractivity contribution >= 4 is 38.8 Å². The van der Waals surface area contributed by atoms with Crippen molar-refractivity contribution in [1.29, 1.82) is 0 Å². The molecule has 0 aliphatic rings. The number of fused-ring (bicyclic) bond motifs is 1. The first-order chi connectivity index (χ1) is 14.5. The molecule has 9 heteroatoms. The molecule has 0 spiro atoms. The second kappa shape index (κ2) is 11.4. The van der Waals surface area contributed by atoms with Gasteiger partial charge in [0.2, 0.25) is 0 Å². The summed E-state index contributed by atoms with van der Waals surface area (Å²) < 4.78 is 12.5. The molecule has 0 radical (unpaired) electrons. The first kappa shape index (κ1) is 25.8. The number of nitrogens with one attached hydrogen (secondary N) is 1. The number of aromatic nitrogens is 4. The molecule has 0 amide bonds.